The first-order valence-electron chi connectivity index (χ1n) is 15.7. The highest BCUT2D eigenvalue weighted by Gasteiger charge is 2.63. The van der Waals surface area contributed by atoms with Gasteiger partial charge in [-0.3, -0.25) is 19.4 Å². The van der Waals surface area contributed by atoms with Crippen molar-refractivity contribution in [2.24, 2.45) is 0 Å². The molecule has 0 spiro atoms. The Bertz CT molecular complexity index is 1780. The summed E-state index contributed by atoms with van der Waals surface area (Å²) in [6, 6.07) is 15.7. The summed E-state index contributed by atoms with van der Waals surface area (Å²) in [5, 5.41) is 3.70. The summed E-state index contributed by atoms with van der Waals surface area (Å²) in [5.74, 6) is -0.00395. The van der Waals surface area contributed by atoms with Crippen LogP contribution in [0.15, 0.2) is 65.6 Å². The van der Waals surface area contributed by atoms with Crippen molar-refractivity contribution in [2.75, 3.05) is 65.3 Å². The van der Waals surface area contributed by atoms with Crippen molar-refractivity contribution < 1.29 is 27.5 Å². The van der Waals surface area contributed by atoms with Gasteiger partial charge >= 0.3 is 0 Å². The van der Waals surface area contributed by atoms with Crippen molar-refractivity contribution >= 4 is 39.1 Å². The van der Waals surface area contributed by atoms with Crippen LogP contribution in [-0.2, 0) is 31.7 Å². The maximum absolute atomic E-state index is 15.4. The second-order valence-corrected chi connectivity index (χ2v) is 14.5. The third-order valence-electron chi connectivity index (χ3n) is 9.34. The molecule has 2 amide bonds. The minimum Gasteiger partial charge on any atom is -0.497 e. The van der Waals surface area contributed by atoms with Crippen LogP contribution in [0, 0.1) is 0 Å². The highest BCUT2D eigenvalue weighted by Crippen LogP contribution is 2.55. The van der Waals surface area contributed by atoms with Gasteiger partial charge in [0.15, 0.2) is 5.54 Å². The standard InChI is InChI=1S/C34H40ClN5O6S/c1-37(2)32(41)30-6-5-17-39(30)34(27-13-7-23(20-31(27)46-4)22-38-18-15-36-16-19-38)28-21-24(35)8-14-29(28)40(33(34)42)47(43,44)26-11-9-25(45-3)10-12-26/h7-14,20-21,30,36H,5-6,15-19,22H2,1-4H3/t30-,34?/m0/s1. The first kappa shape index (κ1) is 33.2. The van der Waals surface area contributed by atoms with E-state index in [0.717, 1.165) is 36.0 Å². The Labute approximate surface area is 281 Å². The van der Waals surface area contributed by atoms with Crippen molar-refractivity contribution in [3.63, 3.8) is 0 Å². The molecule has 47 heavy (non-hydrogen) atoms. The zero-order valence-electron chi connectivity index (χ0n) is 27.0. The Morgan fingerprint density at radius 3 is 2.36 bits per heavy atom. The van der Waals surface area contributed by atoms with E-state index in [2.05, 4.69) is 10.2 Å². The van der Waals surface area contributed by atoms with Crippen LogP contribution in [0.3, 0.4) is 0 Å². The van der Waals surface area contributed by atoms with Crippen molar-refractivity contribution in [1.82, 2.24) is 20.0 Å². The van der Waals surface area contributed by atoms with E-state index in [9.17, 15) is 13.2 Å². The summed E-state index contributed by atoms with van der Waals surface area (Å²) in [6.45, 7) is 4.66. The fraction of sp³-hybridized carbons (Fsp3) is 0.412. The number of sulfonamides is 1. The number of nitrogens with one attached hydrogen (secondary N) is 1. The number of amides is 2. The van der Waals surface area contributed by atoms with Crippen LogP contribution < -0.4 is 19.1 Å². The monoisotopic (exact) mass is 681 g/mol. The van der Waals surface area contributed by atoms with E-state index in [1.165, 1.54) is 43.4 Å². The van der Waals surface area contributed by atoms with E-state index in [4.69, 9.17) is 21.1 Å². The van der Waals surface area contributed by atoms with E-state index >= 15 is 4.79 Å². The molecule has 11 nitrogen and oxygen atoms in total. The molecule has 0 radical (unpaired) electrons. The number of methoxy groups -OCH3 is 2. The molecule has 2 saturated heterocycles. The number of nitrogens with zero attached hydrogens (tertiary/aromatic N) is 4. The third-order valence-corrected chi connectivity index (χ3v) is 11.3. The first-order valence-corrected chi connectivity index (χ1v) is 17.5. The topological polar surface area (TPSA) is 112 Å². The van der Waals surface area contributed by atoms with Crippen molar-refractivity contribution in [2.45, 2.75) is 35.9 Å². The van der Waals surface area contributed by atoms with Gasteiger partial charge in [0.05, 0.1) is 30.8 Å². The zero-order valence-corrected chi connectivity index (χ0v) is 28.6. The lowest BCUT2D eigenvalue weighted by molar-refractivity contribution is -0.138. The number of benzene rings is 3. The van der Waals surface area contributed by atoms with Crippen molar-refractivity contribution in [3.8, 4) is 11.5 Å². The molecule has 3 aliphatic heterocycles. The molecule has 250 valence electrons. The van der Waals surface area contributed by atoms with Gasteiger partial charge in [-0.15, -0.1) is 0 Å². The Hall–Kier alpha value is -3.68. The SMILES string of the molecule is COc1ccc(S(=O)(=O)N2C(=O)C(c3ccc(CN4CCNCC4)cc3OC)(N3CCC[C@H]3C(=O)N(C)C)c3cc(Cl)ccc32)cc1. The predicted molar refractivity (Wildman–Crippen MR) is 179 cm³/mol. The Kier molecular flexibility index (Phi) is 9.25. The van der Waals surface area contributed by atoms with Gasteiger partial charge in [-0.25, -0.2) is 12.7 Å². The van der Waals surface area contributed by atoms with Crippen LogP contribution in [-0.4, -0.2) is 102 Å². The molecular formula is C34H40ClN5O6S. The smallest absolute Gasteiger partial charge is 0.271 e. The van der Waals surface area contributed by atoms with Gasteiger partial charge in [0.2, 0.25) is 5.91 Å². The van der Waals surface area contributed by atoms with Crippen LogP contribution in [0.2, 0.25) is 5.02 Å². The molecule has 2 atom stereocenters. The number of ether oxygens (including phenoxy) is 2. The summed E-state index contributed by atoms with van der Waals surface area (Å²) >= 11 is 6.63. The van der Waals surface area contributed by atoms with E-state index in [1.807, 2.05) is 23.1 Å². The van der Waals surface area contributed by atoms with Crippen LogP contribution in [0.4, 0.5) is 5.69 Å². The molecule has 3 heterocycles. The molecule has 6 rings (SSSR count). The molecule has 0 aliphatic carbocycles. The Balaban J connectivity index is 1.59. The molecule has 13 heteroatoms. The minimum atomic E-state index is -4.44. The van der Waals surface area contributed by atoms with Crippen LogP contribution in [0.1, 0.15) is 29.5 Å². The molecule has 3 aliphatic rings. The van der Waals surface area contributed by atoms with E-state index < -0.39 is 27.5 Å². The summed E-state index contributed by atoms with van der Waals surface area (Å²) in [5.41, 5.74) is 0.239. The molecule has 3 aromatic rings. The van der Waals surface area contributed by atoms with Gasteiger partial charge < -0.3 is 19.7 Å². The number of likely N-dealkylation sites (N-methyl/N-ethyl adjacent to an activating group) is 1. The lowest BCUT2D eigenvalue weighted by atomic mass is 9.80. The van der Waals surface area contributed by atoms with Crippen LogP contribution in [0.25, 0.3) is 0 Å². The molecule has 0 aromatic heterocycles. The lowest BCUT2D eigenvalue weighted by Crippen LogP contribution is -2.59. The molecule has 0 saturated carbocycles. The average molecular weight is 682 g/mol. The highest BCUT2D eigenvalue weighted by atomic mass is 35.5. The van der Waals surface area contributed by atoms with Crippen molar-refractivity contribution in [3.05, 3.63) is 82.4 Å². The summed E-state index contributed by atoms with van der Waals surface area (Å²) in [4.78, 5) is 34.7. The quantitative estimate of drug-likeness (QED) is 0.364. The van der Waals surface area contributed by atoms with Gasteiger partial charge in [-0.05, 0) is 66.9 Å². The molecule has 1 N–H and O–H groups in total. The van der Waals surface area contributed by atoms with Gasteiger partial charge in [-0.2, -0.15) is 0 Å². The predicted octanol–water partition coefficient (Wildman–Crippen LogP) is 3.29. The maximum Gasteiger partial charge on any atom is 0.271 e. The van der Waals surface area contributed by atoms with Crippen LogP contribution >= 0.6 is 11.6 Å². The number of hydrogen-bond acceptors (Lipinski definition) is 9. The van der Waals surface area contributed by atoms with Crippen LogP contribution in [0.5, 0.6) is 11.5 Å². The number of rotatable bonds is 9. The Morgan fingerprint density at radius 2 is 1.70 bits per heavy atom. The normalized spacial score (nSPS) is 21.9. The number of carbonyl (C=O) groups is 2. The third kappa shape index (κ3) is 5.65. The van der Waals surface area contributed by atoms with Gasteiger partial charge in [-0.1, -0.05) is 23.7 Å². The number of piperazine rings is 1. The number of carbonyl (C=O) groups excluding carboxylic acids is 2. The number of halogens is 1. The summed E-state index contributed by atoms with van der Waals surface area (Å²) < 4.78 is 41.1. The fourth-order valence-electron chi connectivity index (χ4n) is 7.11. The highest BCUT2D eigenvalue weighted by molar-refractivity contribution is 7.93. The van der Waals surface area contributed by atoms with E-state index in [0.29, 0.717) is 53.6 Å². The molecule has 0 bridgehead atoms. The van der Waals surface area contributed by atoms with E-state index in [1.54, 1.807) is 32.3 Å². The molecule has 1 unspecified atom stereocenters. The minimum absolute atomic E-state index is 0.0796. The van der Waals surface area contributed by atoms with Crippen molar-refractivity contribution in [1.29, 1.82) is 0 Å². The molecule has 2 fully saturated rings. The second-order valence-electron chi connectivity index (χ2n) is 12.3. The van der Waals surface area contributed by atoms with Gasteiger partial charge in [0.25, 0.3) is 15.9 Å². The number of fused-ring (bicyclic) bond motifs is 1. The first-order chi connectivity index (χ1) is 22.5. The molecule has 3 aromatic carbocycles. The number of anilines is 1. The van der Waals surface area contributed by atoms with E-state index in [-0.39, 0.29) is 16.5 Å². The van der Waals surface area contributed by atoms with Gasteiger partial charge in [0.1, 0.15) is 11.5 Å². The fourth-order valence-corrected chi connectivity index (χ4v) is 8.75. The number of hydrogen-bond donors (Lipinski definition) is 1. The Morgan fingerprint density at radius 1 is 0.979 bits per heavy atom. The maximum atomic E-state index is 15.4. The average Bonchev–Trinajstić information content (AvgIpc) is 3.66. The largest absolute Gasteiger partial charge is 0.497 e. The zero-order chi connectivity index (χ0) is 33.5. The van der Waals surface area contributed by atoms with Gasteiger partial charge in [0, 0.05) is 69.5 Å². The second kappa shape index (κ2) is 13.1. The lowest BCUT2D eigenvalue weighted by Gasteiger charge is -2.42. The summed E-state index contributed by atoms with van der Waals surface area (Å²) in [7, 11) is 1.95. The molecular weight excluding hydrogens is 642 g/mol. The summed E-state index contributed by atoms with van der Waals surface area (Å²) in [6.07, 6.45) is 1.13. The number of likely N-dealkylation sites (tertiary alicyclic amines) is 1.